The summed E-state index contributed by atoms with van der Waals surface area (Å²) in [4.78, 5) is 17.9. The lowest BCUT2D eigenvalue weighted by Crippen LogP contribution is -2.38. The fourth-order valence-electron chi connectivity index (χ4n) is 4.94. The lowest BCUT2D eigenvalue weighted by Gasteiger charge is -2.30. The maximum atomic E-state index is 13.5. The Bertz CT molecular complexity index is 1160. The van der Waals surface area contributed by atoms with Gasteiger partial charge in [0.2, 0.25) is 10.0 Å². The number of hydrogen-bond acceptors (Lipinski definition) is 5. The smallest absolute Gasteiger partial charge is 0.253 e. The minimum Gasteiger partial charge on any atom is -0.497 e. The molecule has 2 aromatic rings. The van der Waals surface area contributed by atoms with Gasteiger partial charge < -0.3 is 14.5 Å². The highest BCUT2D eigenvalue weighted by Crippen LogP contribution is 2.29. The van der Waals surface area contributed by atoms with Crippen molar-refractivity contribution < 1.29 is 17.9 Å². The summed E-state index contributed by atoms with van der Waals surface area (Å²) in [5, 5.41) is 0. The van der Waals surface area contributed by atoms with Crippen LogP contribution in [-0.4, -0.2) is 69.9 Å². The van der Waals surface area contributed by atoms with Gasteiger partial charge in [-0.2, -0.15) is 4.31 Å². The zero-order valence-corrected chi connectivity index (χ0v) is 22.1. The van der Waals surface area contributed by atoms with E-state index in [0.717, 1.165) is 54.9 Å². The normalized spacial score (nSPS) is 18.4. The van der Waals surface area contributed by atoms with Crippen LogP contribution in [0.1, 0.15) is 47.7 Å². The van der Waals surface area contributed by atoms with Crippen molar-refractivity contribution in [2.45, 2.75) is 44.9 Å². The van der Waals surface area contributed by atoms with Crippen LogP contribution in [0.25, 0.3) is 0 Å². The average molecular weight is 500 g/mol. The summed E-state index contributed by atoms with van der Waals surface area (Å²) >= 11 is 0. The van der Waals surface area contributed by atoms with Gasteiger partial charge in [0.25, 0.3) is 5.91 Å². The number of sulfonamides is 1. The second-order valence-corrected chi connectivity index (χ2v) is 11.7. The molecule has 1 amide bonds. The molecule has 8 heteroatoms. The second kappa shape index (κ2) is 10.6. The molecule has 0 radical (unpaired) electrons. The van der Waals surface area contributed by atoms with E-state index in [2.05, 4.69) is 11.8 Å². The highest BCUT2D eigenvalue weighted by Gasteiger charge is 2.31. The molecule has 0 bridgehead atoms. The molecule has 0 atom stereocenters. The molecule has 35 heavy (non-hydrogen) atoms. The number of rotatable bonds is 5. The van der Waals surface area contributed by atoms with E-state index in [4.69, 9.17) is 4.74 Å². The highest BCUT2D eigenvalue weighted by atomic mass is 32.2. The van der Waals surface area contributed by atoms with E-state index in [1.807, 2.05) is 49.1 Å². The fourth-order valence-corrected chi connectivity index (χ4v) is 6.73. The van der Waals surface area contributed by atoms with Crippen LogP contribution >= 0.6 is 0 Å². The molecule has 190 valence electrons. The summed E-state index contributed by atoms with van der Waals surface area (Å²) in [5.41, 5.74) is 3.11. The Kier molecular flexibility index (Phi) is 7.71. The molecular formula is C27H37N3O4S. The summed E-state index contributed by atoms with van der Waals surface area (Å²) in [7, 11) is -1.99. The zero-order valence-electron chi connectivity index (χ0n) is 21.3. The molecule has 4 rings (SSSR count). The van der Waals surface area contributed by atoms with Crippen molar-refractivity contribution in [3.63, 3.8) is 0 Å². The van der Waals surface area contributed by atoms with Gasteiger partial charge in [0.05, 0.1) is 12.0 Å². The third-order valence-corrected chi connectivity index (χ3v) is 9.47. The maximum Gasteiger partial charge on any atom is 0.253 e. The maximum absolute atomic E-state index is 13.5. The van der Waals surface area contributed by atoms with Crippen LogP contribution in [0.15, 0.2) is 41.3 Å². The first-order chi connectivity index (χ1) is 16.7. The van der Waals surface area contributed by atoms with E-state index in [0.29, 0.717) is 37.7 Å². The third-order valence-electron chi connectivity index (χ3n) is 7.45. The number of amides is 1. The van der Waals surface area contributed by atoms with Gasteiger partial charge in [-0.15, -0.1) is 0 Å². The van der Waals surface area contributed by atoms with E-state index >= 15 is 0 Å². The van der Waals surface area contributed by atoms with Crippen LogP contribution in [0.5, 0.6) is 5.75 Å². The van der Waals surface area contributed by atoms with Crippen molar-refractivity contribution in [1.29, 1.82) is 0 Å². The summed E-state index contributed by atoms with van der Waals surface area (Å²) in [6.07, 6.45) is 2.59. The average Bonchev–Trinajstić information content (AvgIpc) is 3.12. The van der Waals surface area contributed by atoms with Crippen LogP contribution in [-0.2, 0) is 10.0 Å². The number of benzene rings is 2. The summed E-state index contributed by atoms with van der Waals surface area (Å²) in [6, 6.07) is 11.4. The van der Waals surface area contributed by atoms with Crippen molar-refractivity contribution in [3.8, 4) is 5.75 Å². The number of carbonyl (C=O) groups is 1. The van der Waals surface area contributed by atoms with E-state index in [9.17, 15) is 13.2 Å². The number of methoxy groups -OCH3 is 1. The van der Waals surface area contributed by atoms with Crippen molar-refractivity contribution in [3.05, 3.63) is 53.1 Å². The Hall–Kier alpha value is -2.58. The first kappa shape index (κ1) is 25.5. The molecule has 0 saturated carbocycles. The van der Waals surface area contributed by atoms with Gasteiger partial charge in [-0.25, -0.2) is 8.42 Å². The first-order valence-corrected chi connectivity index (χ1v) is 13.9. The van der Waals surface area contributed by atoms with Gasteiger partial charge in [-0.1, -0.05) is 6.92 Å². The van der Waals surface area contributed by atoms with Crippen LogP contribution in [0, 0.1) is 19.8 Å². The molecule has 0 unspecified atom stereocenters. The van der Waals surface area contributed by atoms with Gasteiger partial charge in [0, 0.05) is 50.5 Å². The monoisotopic (exact) mass is 499 g/mol. The second-order valence-electron chi connectivity index (χ2n) is 9.83. The molecule has 2 aliphatic rings. The summed E-state index contributed by atoms with van der Waals surface area (Å²) in [5.74, 6) is 1.26. The van der Waals surface area contributed by atoms with Crippen LogP contribution in [0.4, 0.5) is 5.69 Å². The first-order valence-electron chi connectivity index (χ1n) is 12.5. The van der Waals surface area contributed by atoms with Crippen molar-refractivity contribution >= 4 is 21.6 Å². The minimum absolute atomic E-state index is 0.103. The topological polar surface area (TPSA) is 70.2 Å². The lowest BCUT2D eigenvalue weighted by molar-refractivity contribution is 0.0766. The summed E-state index contributed by atoms with van der Waals surface area (Å²) in [6.45, 7) is 9.76. The standard InChI is InChI=1S/C27H37N3O4S/c1-20-10-14-30(15-11-20)35(32,33)26-19-23(18-21(2)22(26)3)27(31)29-13-5-12-28(16-17-29)24-6-8-25(34-4)9-7-24/h6-9,18-20H,5,10-17H2,1-4H3. The number of hydrogen-bond donors (Lipinski definition) is 0. The molecular weight excluding hydrogens is 462 g/mol. The van der Waals surface area contributed by atoms with Gasteiger partial charge >= 0.3 is 0 Å². The molecule has 0 N–H and O–H groups in total. The Morgan fingerprint density at radius 1 is 0.943 bits per heavy atom. The predicted octanol–water partition coefficient (Wildman–Crippen LogP) is 4.09. The quantitative estimate of drug-likeness (QED) is 0.620. The molecule has 2 heterocycles. The molecule has 2 aromatic carbocycles. The largest absolute Gasteiger partial charge is 0.497 e. The Morgan fingerprint density at radius 2 is 1.63 bits per heavy atom. The molecule has 7 nitrogen and oxygen atoms in total. The highest BCUT2D eigenvalue weighted by molar-refractivity contribution is 7.89. The number of carbonyl (C=O) groups excluding carboxylic acids is 1. The van der Waals surface area contributed by atoms with Gasteiger partial charge in [-0.05, 0) is 86.6 Å². The van der Waals surface area contributed by atoms with E-state index in [1.165, 1.54) is 0 Å². The van der Waals surface area contributed by atoms with E-state index in [-0.39, 0.29) is 10.8 Å². The van der Waals surface area contributed by atoms with Crippen LogP contribution in [0.2, 0.25) is 0 Å². The number of aryl methyl sites for hydroxylation is 1. The van der Waals surface area contributed by atoms with Crippen LogP contribution < -0.4 is 9.64 Å². The molecule has 0 spiro atoms. The fraction of sp³-hybridized carbons (Fsp3) is 0.519. The van der Waals surface area contributed by atoms with E-state index < -0.39 is 10.0 Å². The van der Waals surface area contributed by atoms with Crippen molar-refractivity contribution in [2.75, 3.05) is 51.3 Å². The molecule has 2 aliphatic heterocycles. The molecule has 0 aromatic heterocycles. The Balaban J connectivity index is 1.52. The molecule has 0 aliphatic carbocycles. The van der Waals surface area contributed by atoms with Crippen molar-refractivity contribution in [1.82, 2.24) is 9.21 Å². The number of ether oxygens (including phenoxy) is 1. The zero-order chi connectivity index (χ0) is 25.2. The van der Waals surface area contributed by atoms with Gasteiger partial charge in [0.15, 0.2) is 0 Å². The third kappa shape index (κ3) is 5.48. The number of piperidine rings is 1. The lowest BCUT2D eigenvalue weighted by atomic mass is 10.0. The van der Waals surface area contributed by atoms with Crippen LogP contribution in [0.3, 0.4) is 0 Å². The van der Waals surface area contributed by atoms with Gasteiger partial charge in [0.1, 0.15) is 5.75 Å². The summed E-state index contributed by atoms with van der Waals surface area (Å²) < 4.78 is 33.8. The SMILES string of the molecule is COc1ccc(N2CCCN(C(=O)c3cc(C)c(C)c(S(=O)(=O)N4CCC(C)CC4)c3)CC2)cc1. The van der Waals surface area contributed by atoms with Gasteiger partial charge in [-0.3, -0.25) is 4.79 Å². The Labute approximate surface area is 209 Å². The number of nitrogens with zero attached hydrogens (tertiary/aromatic N) is 3. The predicted molar refractivity (Wildman–Crippen MR) is 139 cm³/mol. The number of anilines is 1. The van der Waals surface area contributed by atoms with E-state index in [1.54, 1.807) is 17.5 Å². The van der Waals surface area contributed by atoms with Crippen molar-refractivity contribution in [2.24, 2.45) is 5.92 Å². The Morgan fingerprint density at radius 3 is 2.29 bits per heavy atom. The minimum atomic E-state index is -3.64. The molecule has 2 fully saturated rings. The molecule has 2 saturated heterocycles.